The zero-order valence-electron chi connectivity index (χ0n) is 16.0. The van der Waals surface area contributed by atoms with Crippen molar-refractivity contribution in [3.05, 3.63) is 97.9 Å². The van der Waals surface area contributed by atoms with Gasteiger partial charge in [0.25, 0.3) is 5.91 Å². The monoisotopic (exact) mass is 563 g/mol. The molecule has 0 saturated heterocycles. The van der Waals surface area contributed by atoms with E-state index in [0.29, 0.717) is 33.4 Å². The smallest absolute Gasteiger partial charge is 0.292 e. The highest BCUT2D eigenvalue weighted by atomic mass is 79.9. The van der Waals surface area contributed by atoms with Crippen LogP contribution in [-0.4, -0.2) is 15.7 Å². The Hall–Kier alpha value is -2.55. The summed E-state index contributed by atoms with van der Waals surface area (Å²) in [5.41, 5.74) is 1.04. The Labute approximate surface area is 200 Å². The normalized spacial score (nSPS) is 10.8. The predicted octanol–water partition coefficient (Wildman–Crippen LogP) is 6.53. The van der Waals surface area contributed by atoms with Crippen molar-refractivity contribution in [1.82, 2.24) is 9.78 Å². The summed E-state index contributed by atoms with van der Waals surface area (Å²) in [5.74, 6) is 1.41. The lowest BCUT2D eigenvalue weighted by molar-refractivity contribution is 0.0992. The van der Waals surface area contributed by atoms with Crippen molar-refractivity contribution in [3.63, 3.8) is 0 Å². The van der Waals surface area contributed by atoms with E-state index in [0.717, 1.165) is 10.0 Å². The second kappa shape index (κ2) is 9.72. The van der Waals surface area contributed by atoms with E-state index in [1.54, 1.807) is 23.0 Å². The van der Waals surface area contributed by atoms with Gasteiger partial charge in [0.05, 0.1) is 15.5 Å². The van der Waals surface area contributed by atoms with Gasteiger partial charge < -0.3 is 14.5 Å². The number of para-hydroxylation sites is 1. The largest absolute Gasteiger partial charge is 0.484 e. The molecule has 0 fully saturated rings. The summed E-state index contributed by atoms with van der Waals surface area (Å²) in [7, 11) is 0. The predicted molar refractivity (Wildman–Crippen MR) is 126 cm³/mol. The lowest BCUT2D eigenvalue weighted by Gasteiger charge is -2.06. The molecular formula is C22H16Br2ClN3O3. The Morgan fingerprint density at radius 2 is 1.84 bits per heavy atom. The Bertz CT molecular complexity index is 1200. The summed E-state index contributed by atoms with van der Waals surface area (Å²) in [5, 5.41) is 7.85. The number of benzene rings is 2. The SMILES string of the molecule is O=C(Nc1nn(Cc2ccc(Cl)cc2)cc1Br)c1ccc(COc2ccccc2Br)o1. The molecule has 0 unspecified atom stereocenters. The van der Waals surface area contributed by atoms with Crippen molar-refractivity contribution >= 4 is 55.2 Å². The van der Waals surface area contributed by atoms with Crippen LogP contribution in [0.5, 0.6) is 5.75 Å². The van der Waals surface area contributed by atoms with Crippen LogP contribution >= 0.6 is 43.5 Å². The molecule has 4 rings (SSSR count). The van der Waals surface area contributed by atoms with Gasteiger partial charge in [0.15, 0.2) is 11.6 Å². The first-order valence-electron chi connectivity index (χ1n) is 9.23. The fourth-order valence-electron chi connectivity index (χ4n) is 2.80. The van der Waals surface area contributed by atoms with E-state index in [1.807, 2.05) is 48.5 Å². The van der Waals surface area contributed by atoms with Crippen molar-refractivity contribution in [2.24, 2.45) is 0 Å². The van der Waals surface area contributed by atoms with Crippen LogP contribution in [0.2, 0.25) is 5.02 Å². The molecular weight excluding hydrogens is 550 g/mol. The Morgan fingerprint density at radius 1 is 1.06 bits per heavy atom. The first-order chi connectivity index (χ1) is 15.0. The molecule has 6 nitrogen and oxygen atoms in total. The van der Waals surface area contributed by atoms with Crippen LogP contribution in [0.25, 0.3) is 0 Å². The molecule has 0 aliphatic rings. The summed E-state index contributed by atoms with van der Waals surface area (Å²) < 4.78 is 14.6. The number of hydrogen-bond donors (Lipinski definition) is 1. The molecule has 1 amide bonds. The molecule has 1 N–H and O–H groups in total. The summed E-state index contributed by atoms with van der Waals surface area (Å²) in [6, 6.07) is 18.3. The summed E-state index contributed by atoms with van der Waals surface area (Å²) in [6.45, 7) is 0.748. The quantitative estimate of drug-likeness (QED) is 0.277. The molecule has 2 heterocycles. The van der Waals surface area contributed by atoms with Crippen molar-refractivity contribution in [1.29, 1.82) is 0 Å². The molecule has 2 aromatic carbocycles. The number of furan rings is 1. The maximum absolute atomic E-state index is 12.6. The molecule has 9 heteroatoms. The van der Waals surface area contributed by atoms with Crippen molar-refractivity contribution in [2.75, 3.05) is 5.32 Å². The van der Waals surface area contributed by atoms with Crippen LogP contribution in [-0.2, 0) is 13.2 Å². The summed E-state index contributed by atoms with van der Waals surface area (Å²) in [6.07, 6.45) is 1.79. The number of carbonyl (C=O) groups is 1. The fraction of sp³-hybridized carbons (Fsp3) is 0.0909. The first kappa shape index (κ1) is 21.7. The van der Waals surface area contributed by atoms with E-state index in [1.165, 1.54) is 0 Å². The van der Waals surface area contributed by atoms with Gasteiger partial charge in [0.1, 0.15) is 18.1 Å². The number of amides is 1. The van der Waals surface area contributed by atoms with Gasteiger partial charge in [0.2, 0.25) is 0 Å². The van der Waals surface area contributed by atoms with E-state index in [9.17, 15) is 4.79 Å². The van der Waals surface area contributed by atoms with E-state index in [-0.39, 0.29) is 12.4 Å². The zero-order chi connectivity index (χ0) is 21.8. The maximum atomic E-state index is 12.6. The van der Waals surface area contributed by atoms with Crippen LogP contribution in [0, 0.1) is 0 Å². The highest BCUT2D eigenvalue weighted by Gasteiger charge is 2.16. The maximum Gasteiger partial charge on any atom is 0.292 e. The number of anilines is 1. The fourth-order valence-corrected chi connectivity index (χ4v) is 3.74. The number of ether oxygens (including phenoxy) is 1. The Balaban J connectivity index is 1.38. The molecule has 4 aromatic rings. The second-order valence-corrected chi connectivity index (χ2v) is 8.73. The molecule has 31 heavy (non-hydrogen) atoms. The Morgan fingerprint density at radius 3 is 2.61 bits per heavy atom. The molecule has 0 aliphatic heterocycles. The molecule has 0 spiro atoms. The van der Waals surface area contributed by atoms with Crippen LogP contribution in [0.4, 0.5) is 5.82 Å². The molecule has 0 saturated carbocycles. The van der Waals surface area contributed by atoms with Gasteiger partial charge in [-0.1, -0.05) is 35.9 Å². The van der Waals surface area contributed by atoms with Gasteiger partial charge in [-0.3, -0.25) is 9.48 Å². The standard InChI is InChI=1S/C22H16Br2ClN3O3/c23-17-3-1-2-4-19(17)30-13-16-9-10-20(31-16)22(29)26-21-18(24)12-28(27-21)11-14-5-7-15(25)8-6-14/h1-10,12H,11,13H2,(H,26,27,29). The van der Waals surface area contributed by atoms with Crippen LogP contribution in [0.1, 0.15) is 21.9 Å². The third-order valence-electron chi connectivity index (χ3n) is 4.30. The third-order valence-corrected chi connectivity index (χ3v) is 5.79. The van der Waals surface area contributed by atoms with Crippen LogP contribution in [0.15, 0.2) is 80.2 Å². The molecule has 0 bridgehead atoms. The summed E-state index contributed by atoms with van der Waals surface area (Å²) >= 11 is 12.8. The topological polar surface area (TPSA) is 69.3 Å². The van der Waals surface area contributed by atoms with Crippen molar-refractivity contribution < 1.29 is 13.9 Å². The molecule has 0 aliphatic carbocycles. The van der Waals surface area contributed by atoms with Gasteiger partial charge in [-0.25, -0.2) is 0 Å². The lowest BCUT2D eigenvalue weighted by atomic mass is 10.2. The summed E-state index contributed by atoms with van der Waals surface area (Å²) in [4.78, 5) is 12.6. The van der Waals surface area contributed by atoms with Gasteiger partial charge in [0, 0.05) is 11.2 Å². The van der Waals surface area contributed by atoms with Gasteiger partial charge in [-0.2, -0.15) is 5.10 Å². The average molecular weight is 566 g/mol. The van der Waals surface area contributed by atoms with Crippen molar-refractivity contribution in [3.8, 4) is 5.75 Å². The lowest BCUT2D eigenvalue weighted by Crippen LogP contribution is -2.12. The number of aromatic nitrogens is 2. The number of nitrogens with one attached hydrogen (secondary N) is 1. The van der Waals surface area contributed by atoms with Crippen molar-refractivity contribution in [2.45, 2.75) is 13.2 Å². The highest BCUT2D eigenvalue weighted by molar-refractivity contribution is 9.11. The van der Waals surface area contributed by atoms with Gasteiger partial charge >= 0.3 is 0 Å². The van der Waals surface area contributed by atoms with E-state index in [2.05, 4.69) is 42.3 Å². The highest BCUT2D eigenvalue weighted by Crippen LogP contribution is 2.25. The number of hydrogen-bond acceptors (Lipinski definition) is 4. The first-order valence-corrected chi connectivity index (χ1v) is 11.2. The molecule has 158 valence electrons. The zero-order valence-corrected chi connectivity index (χ0v) is 19.9. The van der Waals surface area contributed by atoms with E-state index >= 15 is 0 Å². The minimum atomic E-state index is -0.399. The third kappa shape index (κ3) is 5.58. The minimum Gasteiger partial charge on any atom is -0.484 e. The second-order valence-electron chi connectivity index (χ2n) is 6.59. The number of carbonyl (C=O) groups excluding carboxylic acids is 1. The number of rotatable bonds is 7. The molecule has 0 radical (unpaired) electrons. The van der Waals surface area contributed by atoms with E-state index < -0.39 is 5.91 Å². The van der Waals surface area contributed by atoms with E-state index in [4.69, 9.17) is 20.8 Å². The van der Waals surface area contributed by atoms with Gasteiger partial charge in [-0.15, -0.1) is 0 Å². The molecule has 2 aromatic heterocycles. The Kier molecular flexibility index (Phi) is 6.80. The number of halogens is 3. The minimum absolute atomic E-state index is 0.171. The van der Waals surface area contributed by atoms with Crippen LogP contribution < -0.4 is 10.1 Å². The number of nitrogens with zero attached hydrogens (tertiary/aromatic N) is 2. The molecule has 0 atom stereocenters. The van der Waals surface area contributed by atoms with Gasteiger partial charge in [-0.05, 0) is 73.8 Å². The average Bonchev–Trinajstić information content (AvgIpc) is 3.36. The van der Waals surface area contributed by atoms with Crippen LogP contribution in [0.3, 0.4) is 0 Å².